The molecule has 1 heterocycles. The Morgan fingerprint density at radius 1 is 1.25 bits per heavy atom. The first kappa shape index (κ1) is 16.4. The highest BCUT2D eigenvalue weighted by atomic mass is 19.1. The standard InChI is InChI=1S/C19H19F2NO2/c1-12-10-14-4-3-9-22(11-13-5-7-15(20)8-6-13)18(14)16(17(12)21)19(23)24-2/h5-8,10H,3-4,9,11H2,1-2H3. The second kappa shape index (κ2) is 6.59. The van der Waals surface area contributed by atoms with Crippen molar-refractivity contribution < 1.29 is 18.3 Å². The van der Waals surface area contributed by atoms with E-state index < -0.39 is 11.8 Å². The third-order valence-electron chi connectivity index (χ3n) is 4.36. The van der Waals surface area contributed by atoms with Crippen molar-refractivity contribution in [3.05, 3.63) is 64.2 Å². The van der Waals surface area contributed by atoms with E-state index in [9.17, 15) is 13.6 Å². The van der Waals surface area contributed by atoms with E-state index in [4.69, 9.17) is 4.74 Å². The zero-order valence-corrected chi connectivity index (χ0v) is 13.7. The topological polar surface area (TPSA) is 29.5 Å². The molecule has 5 heteroatoms. The predicted octanol–water partition coefficient (Wildman–Crippen LogP) is 4.01. The van der Waals surface area contributed by atoms with Gasteiger partial charge in [0.2, 0.25) is 0 Å². The van der Waals surface area contributed by atoms with E-state index in [1.54, 1.807) is 25.1 Å². The number of fused-ring (bicyclic) bond motifs is 1. The van der Waals surface area contributed by atoms with Gasteiger partial charge in [-0.2, -0.15) is 0 Å². The Morgan fingerprint density at radius 2 is 1.96 bits per heavy atom. The van der Waals surface area contributed by atoms with Gasteiger partial charge in [-0.1, -0.05) is 18.2 Å². The lowest BCUT2D eigenvalue weighted by atomic mass is 9.94. The van der Waals surface area contributed by atoms with Crippen LogP contribution in [0.25, 0.3) is 0 Å². The summed E-state index contributed by atoms with van der Waals surface area (Å²) in [5.41, 5.74) is 2.89. The summed E-state index contributed by atoms with van der Waals surface area (Å²) in [7, 11) is 1.25. The summed E-state index contributed by atoms with van der Waals surface area (Å²) in [4.78, 5) is 14.1. The highest BCUT2D eigenvalue weighted by Gasteiger charge is 2.28. The number of hydrogen-bond donors (Lipinski definition) is 0. The predicted molar refractivity (Wildman–Crippen MR) is 88.2 cm³/mol. The lowest BCUT2D eigenvalue weighted by Gasteiger charge is -2.33. The van der Waals surface area contributed by atoms with Gasteiger partial charge in [-0.3, -0.25) is 0 Å². The molecule has 1 aliphatic rings. The van der Waals surface area contributed by atoms with Crippen LogP contribution in [-0.2, 0) is 17.7 Å². The zero-order valence-electron chi connectivity index (χ0n) is 13.7. The molecule has 0 aromatic heterocycles. The Balaban J connectivity index is 2.06. The number of anilines is 1. The third-order valence-corrected chi connectivity index (χ3v) is 4.36. The Hall–Kier alpha value is -2.43. The smallest absolute Gasteiger partial charge is 0.343 e. The molecule has 0 saturated heterocycles. The summed E-state index contributed by atoms with van der Waals surface area (Å²) >= 11 is 0. The van der Waals surface area contributed by atoms with Gasteiger partial charge in [0.05, 0.1) is 12.8 Å². The maximum absolute atomic E-state index is 14.6. The van der Waals surface area contributed by atoms with Crippen LogP contribution in [0, 0.1) is 18.6 Å². The molecule has 0 bridgehead atoms. The number of nitrogens with zero attached hydrogens (tertiary/aromatic N) is 1. The third kappa shape index (κ3) is 2.98. The highest BCUT2D eigenvalue weighted by Crippen LogP contribution is 2.35. The highest BCUT2D eigenvalue weighted by molar-refractivity contribution is 5.97. The average Bonchev–Trinajstić information content (AvgIpc) is 2.58. The van der Waals surface area contributed by atoms with Gasteiger partial charge in [0.15, 0.2) is 0 Å². The van der Waals surface area contributed by atoms with Crippen LogP contribution in [0.4, 0.5) is 14.5 Å². The number of ether oxygens (including phenoxy) is 1. The minimum absolute atomic E-state index is 0.00527. The van der Waals surface area contributed by atoms with Crippen LogP contribution in [0.2, 0.25) is 0 Å². The van der Waals surface area contributed by atoms with Crippen molar-refractivity contribution >= 4 is 11.7 Å². The van der Waals surface area contributed by atoms with E-state index >= 15 is 0 Å². The average molecular weight is 331 g/mol. The molecular weight excluding hydrogens is 312 g/mol. The number of halogens is 2. The molecule has 0 N–H and O–H groups in total. The fourth-order valence-electron chi connectivity index (χ4n) is 3.24. The van der Waals surface area contributed by atoms with Crippen molar-refractivity contribution in [3.8, 4) is 0 Å². The fraction of sp³-hybridized carbons (Fsp3) is 0.316. The molecule has 1 aliphatic heterocycles. The summed E-state index contributed by atoms with van der Waals surface area (Å²) in [5.74, 6) is -1.50. The normalized spacial score (nSPS) is 13.6. The summed E-state index contributed by atoms with van der Waals surface area (Å²) in [6.07, 6.45) is 1.71. The minimum Gasteiger partial charge on any atom is -0.465 e. The van der Waals surface area contributed by atoms with Crippen molar-refractivity contribution in [2.75, 3.05) is 18.6 Å². The van der Waals surface area contributed by atoms with Crippen molar-refractivity contribution in [2.45, 2.75) is 26.3 Å². The molecule has 0 radical (unpaired) electrons. The number of rotatable bonds is 3. The number of hydrogen-bond acceptors (Lipinski definition) is 3. The van der Waals surface area contributed by atoms with Gasteiger partial charge in [0, 0.05) is 13.1 Å². The first-order chi connectivity index (χ1) is 11.5. The molecule has 126 valence electrons. The fourth-order valence-corrected chi connectivity index (χ4v) is 3.24. The van der Waals surface area contributed by atoms with Crippen LogP contribution in [-0.4, -0.2) is 19.6 Å². The monoisotopic (exact) mass is 331 g/mol. The van der Waals surface area contributed by atoms with E-state index in [1.807, 2.05) is 4.90 Å². The van der Waals surface area contributed by atoms with Crippen molar-refractivity contribution in [3.63, 3.8) is 0 Å². The summed E-state index contributed by atoms with van der Waals surface area (Å²) in [6, 6.07) is 8.00. The van der Waals surface area contributed by atoms with Crippen molar-refractivity contribution in [2.24, 2.45) is 0 Å². The molecule has 2 aromatic rings. The maximum Gasteiger partial charge on any atom is 0.343 e. The van der Waals surface area contributed by atoms with E-state index in [0.29, 0.717) is 24.3 Å². The largest absolute Gasteiger partial charge is 0.465 e. The molecular formula is C19H19F2NO2. The lowest BCUT2D eigenvalue weighted by molar-refractivity contribution is 0.0595. The van der Waals surface area contributed by atoms with E-state index in [2.05, 4.69) is 0 Å². The molecule has 0 saturated carbocycles. The molecule has 0 spiro atoms. The van der Waals surface area contributed by atoms with Gasteiger partial charge in [0.1, 0.15) is 17.2 Å². The van der Waals surface area contributed by atoms with Gasteiger partial charge in [-0.15, -0.1) is 0 Å². The number of carbonyl (C=O) groups is 1. The van der Waals surface area contributed by atoms with E-state index in [1.165, 1.54) is 19.2 Å². The van der Waals surface area contributed by atoms with Crippen LogP contribution in [0.5, 0.6) is 0 Å². The molecule has 0 amide bonds. The number of carbonyl (C=O) groups excluding carboxylic acids is 1. The molecule has 0 fully saturated rings. The number of methoxy groups -OCH3 is 1. The van der Waals surface area contributed by atoms with Gasteiger partial charge in [-0.05, 0) is 48.6 Å². The second-order valence-corrected chi connectivity index (χ2v) is 6.03. The first-order valence-corrected chi connectivity index (χ1v) is 7.91. The first-order valence-electron chi connectivity index (χ1n) is 7.91. The number of esters is 1. The zero-order chi connectivity index (χ0) is 17.3. The molecule has 3 rings (SSSR count). The molecule has 2 aromatic carbocycles. The molecule has 0 aliphatic carbocycles. The molecule has 0 unspecified atom stereocenters. The van der Waals surface area contributed by atoms with E-state index in [0.717, 1.165) is 24.0 Å². The quantitative estimate of drug-likeness (QED) is 0.796. The Bertz CT molecular complexity index is 772. The molecule has 3 nitrogen and oxygen atoms in total. The number of aryl methyl sites for hydroxylation is 2. The van der Waals surface area contributed by atoms with E-state index in [-0.39, 0.29) is 11.4 Å². The Morgan fingerprint density at radius 3 is 2.62 bits per heavy atom. The van der Waals surface area contributed by atoms with Crippen LogP contribution in [0.15, 0.2) is 30.3 Å². The van der Waals surface area contributed by atoms with Crippen LogP contribution in [0.3, 0.4) is 0 Å². The van der Waals surface area contributed by atoms with Crippen LogP contribution >= 0.6 is 0 Å². The SMILES string of the molecule is COC(=O)c1c(F)c(C)cc2c1N(Cc1ccc(F)cc1)CCC2. The maximum atomic E-state index is 14.6. The van der Waals surface area contributed by atoms with Crippen molar-refractivity contribution in [1.82, 2.24) is 0 Å². The Labute approximate surface area is 139 Å². The minimum atomic E-state index is -0.668. The van der Waals surface area contributed by atoms with Gasteiger partial charge in [0.25, 0.3) is 0 Å². The van der Waals surface area contributed by atoms with Gasteiger partial charge < -0.3 is 9.64 Å². The van der Waals surface area contributed by atoms with Crippen LogP contribution in [0.1, 0.15) is 33.5 Å². The molecule has 24 heavy (non-hydrogen) atoms. The lowest BCUT2D eigenvalue weighted by Crippen LogP contribution is -2.31. The second-order valence-electron chi connectivity index (χ2n) is 6.03. The summed E-state index contributed by atoms with van der Waals surface area (Å²) < 4.78 is 32.5. The van der Waals surface area contributed by atoms with Crippen molar-refractivity contribution in [1.29, 1.82) is 0 Å². The van der Waals surface area contributed by atoms with Gasteiger partial charge >= 0.3 is 5.97 Å². The summed E-state index contributed by atoms with van der Waals surface area (Å²) in [5, 5.41) is 0. The van der Waals surface area contributed by atoms with Gasteiger partial charge in [-0.25, -0.2) is 13.6 Å². The summed E-state index contributed by atoms with van der Waals surface area (Å²) in [6.45, 7) is 2.84. The van der Waals surface area contributed by atoms with Crippen LogP contribution < -0.4 is 4.90 Å². The number of benzene rings is 2. The Kier molecular flexibility index (Phi) is 4.51. The molecule has 0 atom stereocenters.